The summed E-state index contributed by atoms with van der Waals surface area (Å²) in [5.74, 6) is 0. The minimum absolute atomic E-state index is 0. The Balaban J connectivity index is 0.00000242. The van der Waals surface area contributed by atoms with E-state index < -0.39 is 10.1 Å². The van der Waals surface area contributed by atoms with Crippen molar-refractivity contribution in [3.8, 4) is 0 Å². The van der Waals surface area contributed by atoms with Crippen molar-refractivity contribution in [1.82, 2.24) is 0 Å². The molecular formula is C17H21KO3S. The maximum absolute atomic E-state index is 11.5. The van der Waals surface area contributed by atoms with Crippen LogP contribution in [0.25, 0.3) is 10.8 Å². The minimum Gasteiger partial charge on any atom is -0.744 e. The van der Waals surface area contributed by atoms with Crippen molar-refractivity contribution in [2.24, 2.45) is 0 Å². The Bertz CT molecular complexity index is 706. The van der Waals surface area contributed by atoms with Gasteiger partial charge in [0.2, 0.25) is 0 Å². The molecule has 22 heavy (non-hydrogen) atoms. The first-order chi connectivity index (χ1) is 10.0. The molecule has 0 saturated carbocycles. The minimum atomic E-state index is -4.44. The quantitative estimate of drug-likeness (QED) is 0.432. The van der Waals surface area contributed by atoms with Crippen LogP contribution in [0.4, 0.5) is 0 Å². The maximum Gasteiger partial charge on any atom is 1.00 e. The molecule has 0 aliphatic carbocycles. The molecule has 5 heteroatoms. The number of fused-ring (bicyclic) bond motifs is 1. The summed E-state index contributed by atoms with van der Waals surface area (Å²) in [6, 6.07) is 10.6. The molecular weight excluding hydrogens is 323 g/mol. The molecule has 0 aliphatic heterocycles. The van der Waals surface area contributed by atoms with Gasteiger partial charge in [0.05, 0.1) is 4.90 Å². The summed E-state index contributed by atoms with van der Waals surface area (Å²) in [7, 11) is -4.44. The molecule has 0 unspecified atom stereocenters. The molecule has 0 spiro atoms. The van der Waals surface area contributed by atoms with E-state index in [1.165, 1.54) is 25.3 Å². The second-order valence-electron chi connectivity index (χ2n) is 5.39. The molecule has 2 rings (SSSR count). The third-order valence-electron chi connectivity index (χ3n) is 3.77. The molecule has 0 amide bonds. The van der Waals surface area contributed by atoms with E-state index in [2.05, 4.69) is 6.92 Å². The van der Waals surface area contributed by atoms with Crippen molar-refractivity contribution in [2.45, 2.75) is 50.3 Å². The molecule has 2 aromatic carbocycles. The Morgan fingerprint density at radius 1 is 0.955 bits per heavy atom. The molecule has 3 nitrogen and oxygen atoms in total. The van der Waals surface area contributed by atoms with E-state index in [4.69, 9.17) is 0 Å². The molecule has 0 aromatic heterocycles. The SMILES string of the molecule is CCCCCCCc1cccc2cccc(S(=O)(=O)[O-])c12.[K+]. The fourth-order valence-electron chi connectivity index (χ4n) is 2.72. The maximum atomic E-state index is 11.5. The standard InChI is InChI=1S/C17H22O3S.K/c1-2-3-4-5-6-9-14-10-7-11-15-12-8-13-16(17(14)15)21(18,19)20;/h7-8,10-13H,2-6,9H2,1H3,(H,18,19,20);/q;+1/p-1. The van der Waals surface area contributed by atoms with Gasteiger partial charge in [-0.25, -0.2) is 8.42 Å². The van der Waals surface area contributed by atoms with Gasteiger partial charge in [0.15, 0.2) is 0 Å². The second kappa shape index (κ2) is 9.52. The van der Waals surface area contributed by atoms with Gasteiger partial charge >= 0.3 is 51.4 Å². The van der Waals surface area contributed by atoms with Crippen LogP contribution < -0.4 is 51.4 Å². The second-order valence-corrected chi connectivity index (χ2v) is 6.74. The van der Waals surface area contributed by atoms with E-state index in [1.54, 1.807) is 6.07 Å². The Morgan fingerprint density at radius 2 is 1.59 bits per heavy atom. The Hall–Kier alpha value is 0.246. The van der Waals surface area contributed by atoms with E-state index in [0.717, 1.165) is 30.2 Å². The summed E-state index contributed by atoms with van der Waals surface area (Å²) >= 11 is 0. The van der Waals surface area contributed by atoms with Gasteiger partial charge in [-0.05, 0) is 29.9 Å². The normalized spacial score (nSPS) is 11.4. The summed E-state index contributed by atoms with van der Waals surface area (Å²) in [6.45, 7) is 2.18. The number of rotatable bonds is 7. The van der Waals surface area contributed by atoms with Crippen LogP contribution in [0.5, 0.6) is 0 Å². The van der Waals surface area contributed by atoms with E-state index in [9.17, 15) is 13.0 Å². The van der Waals surface area contributed by atoms with Crippen LogP contribution in [0.3, 0.4) is 0 Å². The predicted molar refractivity (Wildman–Crippen MR) is 84.4 cm³/mol. The predicted octanol–water partition coefficient (Wildman–Crippen LogP) is 1.26. The van der Waals surface area contributed by atoms with Crippen LogP contribution in [-0.2, 0) is 16.5 Å². The molecule has 0 fully saturated rings. The van der Waals surface area contributed by atoms with Crippen molar-refractivity contribution in [3.63, 3.8) is 0 Å². The average Bonchev–Trinajstić information content (AvgIpc) is 2.45. The molecule has 0 bridgehead atoms. The van der Waals surface area contributed by atoms with Gasteiger partial charge in [-0.3, -0.25) is 0 Å². The Labute approximate surface area is 175 Å². The largest absolute Gasteiger partial charge is 1.00 e. The van der Waals surface area contributed by atoms with Crippen molar-refractivity contribution < 1.29 is 64.4 Å². The fraction of sp³-hybridized carbons (Fsp3) is 0.412. The molecule has 0 saturated heterocycles. The summed E-state index contributed by atoms with van der Waals surface area (Å²) < 4.78 is 34.4. The smallest absolute Gasteiger partial charge is 0.744 e. The van der Waals surface area contributed by atoms with Gasteiger partial charge < -0.3 is 4.55 Å². The summed E-state index contributed by atoms with van der Waals surface area (Å²) in [5.41, 5.74) is 0.957. The van der Waals surface area contributed by atoms with Gasteiger partial charge in [0.1, 0.15) is 10.1 Å². The monoisotopic (exact) mass is 344 g/mol. The van der Waals surface area contributed by atoms with Crippen molar-refractivity contribution in [1.29, 1.82) is 0 Å². The molecule has 0 aliphatic rings. The first-order valence-corrected chi connectivity index (χ1v) is 8.91. The van der Waals surface area contributed by atoms with Crippen molar-refractivity contribution >= 4 is 20.9 Å². The number of aryl methyl sites for hydroxylation is 1. The molecule has 0 radical (unpaired) electrons. The van der Waals surface area contributed by atoms with Gasteiger partial charge in [-0.2, -0.15) is 0 Å². The van der Waals surface area contributed by atoms with E-state index in [1.807, 2.05) is 24.3 Å². The van der Waals surface area contributed by atoms with Crippen molar-refractivity contribution in [2.75, 3.05) is 0 Å². The summed E-state index contributed by atoms with van der Waals surface area (Å²) in [5, 5.41) is 1.42. The summed E-state index contributed by atoms with van der Waals surface area (Å²) in [6.07, 6.45) is 6.60. The zero-order chi connectivity index (χ0) is 15.3. The van der Waals surface area contributed by atoms with Crippen molar-refractivity contribution in [3.05, 3.63) is 42.0 Å². The Kier molecular flexibility index (Phi) is 8.78. The van der Waals surface area contributed by atoms with E-state index >= 15 is 0 Å². The average molecular weight is 345 g/mol. The Morgan fingerprint density at radius 3 is 2.23 bits per heavy atom. The topological polar surface area (TPSA) is 57.2 Å². The van der Waals surface area contributed by atoms with Crippen LogP contribution in [0.2, 0.25) is 0 Å². The number of benzene rings is 2. The zero-order valence-corrected chi connectivity index (χ0v) is 17.3. The molecule has 114 valence electrons. The summed E-state index contributed by atoms with van der Waals surface area (Å²) in [4.78, 5) is -0.0934. The molecule has 0 heterocycles. The van der Waals surface area contributed by atoms with Gasteiger partial charge in [-0.15, -0.1) is 0 Å². The van der Waals surface area contributed by atoms with Gasteiger partial charge in [-0.1, -0.05) is 62.9 Å². The molecule has 0 atom stereocenters. The van der Waals surface area contributed by atoms with Gasteiger partial charge in [0, 0.05) is 5.39 Å². The molecule has 0 N–H and O–H groups in total. The fourth-order valence-corrected chi connectivity index (χ4v) is 3.46. The number of unbranched alkanes of at least 4 members (excludes halogenated alkanes) is 4. The van der Waals surface area contributed by atoms with Crippen LogP contribution in [0.1, 0.15) is 44.6 Å². The van der Waals surface area contributed by atoms with Crippen LogP contribution in [0, 0.1) is 0 Å². The third kappa shape index (κ3) is 5.41. The van der Waals surface area contributed by atoms with Crippen LogP contribution in [-0.4, -0.2) is 13.0 Å². The number of hydrogen-bond donors (Lipinski definition) is 0. The van der Waals surface area contributed by atoms with Crippen LogP contribution in [0.15, 0.2) is 41.3 Å². The van der Waals surface area contributed by atoms with E-state index in [0.29, 0.717) is 5.39 Å². The zero-order valence-electron chi connectivity index (χ0n) is 13.3. The van der Waals surface area contributed by atoms with Gasteiger partial charge in [0.25, 0.3) is 0 Å². The first kappa shape index (κ1) is 20.3. The third-order valence-corrected chi connectivity index (χ3v) is 4.65. The number of hydrogen-bond acceptors (Lipinski definition) is 3. The first-order valence-electron chi connectivity index (χ1n) is 7.50. The van der Waals surface area contributed by atoms with E-state index in [-0.39, 0.29) is 56.3 Å². The molecule has 2 aromatic rings. The van der Waals surface area contributed by atoms with Crippen LogP contribution >= 0.6 is 0 Å².